The molecule has 0 spiro atoms. The number of hydrogen-bond acceptors (Lipinski definition) is 4. The lowest BCUT2D eigenvalue weighted by Crippen LogP contribution is -2.24. The van der Waals surface area contributed by atoms with Gasteiger partial charge in [-0.3, -0.25) is 14.5 Å². The highest BCUT2D eigenvalue weighted by atomic mass is 16.5. The van der Waals surface area contributed by atoms with E-state index in [1.165, 1.54) is 13.1 Å². The van der Waals surface area contributed by atoms with Crippen LogP contribution in [-0.2, 0) is 11.3 Å². The van der Waals surface area contributed by atoms with Crippen molar-refractivity contribution in [3.63, 3.8) is 0 Å². The van der Waals surface area contributed by atoms with Gasteiger partial charge in [-0.25, -0.2) is 4.79 Å². The number of nitrogens with one attached hydrogen (secondary N) is 2. The van der Waals surface area contributed by atoms with Gasteiger partial charge in [0, 0.05) is 25.0 Å². The first-order chi connectivity index (χ1) is 13.0. The van der Waals surface area contributed by atoms with E-state index in [0.717, 1.165) is 16.9 Å². The van der Waals surface area contributed by atoms with Crippen molar-refractivity contribution in [3.8, 4) is 0 Å². The van der Waals surface area contributed by atoms with Crippen LogP contribution in [0.25, 0.3) is 0 Å². The van der Waals surface area contributed by atoms with E-state index in [9.17, 15) is 14.4 Å². The minimum atomic E-state index is -0.435. The van der Waals surface area contributed by atoms with Gasteiger partial charge >= 0.3 is 6.03 Å². The number of ether oxygens (including phenoxy) is 1. The fraction of sp³-hybridized carbons (Fsp3) is 0.250. The van der Waals surface area contributed by atoms with Crippen molar-refractivity contribution >= 4 is 29.2 Å². The molecular weight excluding hydrogens is 346 g/mol. The van der Waals surface area contributed by atoms with E-state index in [1.54, 1.807) is 24.3 Å². The largest absolute Gasteiger partial charge is 0.377 e. The van der Waals surface area contributed by atoms with Crippen LogP contribution in [0, 0.1) is 0 Å². The molecule has 27 heavy (non-hydrogen) atoms. The summed E-state index contributed by atoms with van der Waals surface area (Å²) in [6.45, 7) is 3.31. The van der Waals surface area contributed by atoms with Crippen LogP contribution in [-0.4, -0.2) is 36.4 Å². The highest BCUT2D eigenvalue weighted by Gasteiger charge is 2.32. The normalized spacial score (nSPS) is 12.9. The molecule has 7 heteroatoms. The summed E-state index contributed by atoms with van der Waals surface area (Å²) in [6, 6.07) is 11.6. The van der Waals surface area contributed by atoms with Gasteiger partial charge in [0.25, 0.3) is 11.8 Å². The summed E-state index contributed by atoms with van der Waals surface area (Å²) in [6.07, 6.45) is 0.971. The van der Waals surface area contributed by atoms with Gasteiger partial charge in [0.05, 0.1) is 17.7 Å². The van der Waals surface area contributed by atoms with Gasteiger partial charge in [-0.2, -0.15) is 0 Å². The molecule has 4 amide bonds. The van der Waals surface area contributed by atoms with Gasteiger partial charge in [-0.15, -0.1) is 0 Å². The molecule has 2 N–H and O–H groups in total. The second kappa shape index (κ2) is 8.01. The molecule has 1 aliphatic heterocycles. The molecule has 0 aromatic heterocycles. The molecule has 0 bridgehead atoms. The Morgan fingerprint density at radius 2 is 1.59 bits per heavy atom. The Balaban J connectivity index is 1.60. The summed E-state index contributed by atoms with van der Waals surface area (Å²) in [7, 11) is 1.43. The van der Waals surface area contributed by atoms with Crippen LogP contribution in [0.2, 0.25) is 0 Å². The minimum Gasteiger partial charge on any atom is -0.377 e. The number of urea groups is 1. The SMILES string of the molecule is CCCOCc1ccc(NC(=O)Nc2ccc3c(c2)C(=O)N(C)C3=O)cc1. The average Bonchev–Trinajstić information content (AvgIpc) is 2.87. The Morgan fingerprint density at radius 1 is 0.963 bits per heavy atom. The first-order valence-corrected chi connectivity index (χ1v) is 8.70. The van der Waals surface area contributed by atoms with Gasteiger partial charge in [0.1, 0.15) is 0 Å². The predicted octanol–water partition coefficient (Wildman–Crippen LogP) is 3.48. The summed E-state index contributed by atoms with van der Waals surface area (Å²) < 4.78 is 5.47. The molecule has 0 unspecified atom stereocenters. The Hall–Kier alpha value is -3.19. The fourth-order valence-electron chi connectivity index (χ4n) is 2.75. The molecule has 0 radical (unpaired) electrons. The lowest BCUT2D eigenvalue weighted by Gasteiger charge is -2.09. The molecule has 0 aliphatic carbocycles. The Kier molecular flexibility index (Phi) is 5.52. The van der Waals surface area contributed by atoms with Crippen LogP contribution >= 0.6 is 0 Å². The van der Waals surface area contributed by atoms with Crippen molar-refractivity contribution in [2.24, 2.45) is 0 Å². The summed E-state index contributed by atoms with van der Waals surface area (Å²) in [5.41, 5.74) is 2.73. The average molecular weight is 367 g/mol. The van der Waals surface area contributed by atoms with Crippen LogP contribution in [0.3, 0.4) is 0 Å². The van der Waals surface area contributed by atoms with Crippen molar-refractivity contribution in [2.45, 2.75) is 20.0 Å². The van der Waals surface area contributed by atoms with Crippen molar-refractivity contribution in [3.05, 3.63) is 59.2 Å². The summed E-state index contributed by atoms with van der Waals surface area (Å²) in [4.78, 5) is 37.2. The maximum Gasteiger partial charge on any atom is 0.323 e. The van der Waals surface area contributed by atoms with Gasteiger partial charge in [-0.1, -0.05) is 19.1 Å². The number of carbonyl (C=O) groups excluding carboxylic acids is 3. The number of benzene rings is 2. The number of carbonyl (C=O) groups is 3. The van der Waals surface area contributed by atoms with E-state index in [2.05, 4.69) is 17.6 Å². The van der Waals surface area contributed by atoms with Crippen molar-refractivity contribution < 1.29 is 19.1 Å². The van der Waals surface area contributed by atoms with Gasteiger partial charge in [0.2, 0.25) is 0 Å². The molecule has 140 valence electrons. The Bertz CT molecular complexity index is 877. The summed E-state index contributed by atoms with van der Waals surface area (Å²) >= 11 is 0. The predicted molar refractivity (Wildman–Crippen MR) is 102 cm³/mol. The third-order valence-corrected chi connectivity index (χ3v) is 4.18. The van der Waals surface area contributed by atoms with E-state index >= 15 is 0 Å². The van der Waals surface area contributed by atoms with Crippen LogP contribution in [0.5, 0.6) is 0 Å². The van der Waals surface area contributed by atoms with Crippen molar-refractivity contribution in [1.29, 1.82) is 0 Å². The number of rotatable bonds is 6. The molecule has 1 heterocycles. The highest BCUT2D eigenvalue weighted by molar-refractivity contribution is 6.21. The number of fused-ring (bicyclic) bond motifs is 1. The van der Waals surface area contributed by atoms with E-state index in [0.29, 0.717) is 30.2 Å². The quantitative estimate of drug-likeness (QED) is 0.604. The zero-order valence-corrected chi connectivity index (χ0v) is 15.2. The molecule has 2 aromatic rings. The Morgan fingerprint density at radius 3 is 2.30 bits per heavy atom. The van der Waals surface area contributed by atoms with E-state index < -0.39 is 6.03 Å². The van der Waals surface area contributed by atoms with Gasteiger partial charge in [0.15, 0.2) is 0 Å². The van der Waals surface area contributed by atoms with E-state index in [1.807, 2.05) is 12.1 Å². The second-order valence-corrected chi connectivity index (χ2v) is 6.26. The lowest BCUT2D eigenvalue weighted by molar-refractivity contribution is 0.0693. The maximum absolute atomic E-state index is 12.2. The minimum absolute atomic E-state index is 0.289. The van der Waals surface area contributed by atoms with Crippen LogP contribution < -0.4 is 10.6 Å². The van der Waals surface area contributed by atoms with Crippen LogP contribution in [0.15, 0.2) is 42.5 Å². The van der Waals surface area contributed by atoms with Crippen molar-refractivity contribution in [1.82, 2.24) is 4.90 Å². The topological polar surface area (TPSA) is 87.7 Å². The molecule has 0 fully saturated rings. The number of nitrogens with zero attached hydrogens (tertiary/aromatic N) is 1. The summed E-state index contributed by atoms with van der Waals surface area (Å²) in [5.74, 6) is -0.714. The highest BCUT2D eigenvalue weighted by Crippen LogP contribution is 2.24. The molecule has 0 atom stereocenters. The monoisotopic (exact) mass is 367 g/mol. The number of imide groups is 1. The lowest BCUT2D eigenvalue weighted by atomic mass is 10.1. The van der Waals surface area contributed by atoms with Crippen LogP contribution in [0.1, 0.15) is 39.6 Å². The fourth-order valence-corrected chi connectivity index (χ4v) is 2.75. The van der Waals surface area contributed by atoms with E-state index in [-0.39, 0.29) is 17.4 Å². The van der Waals surface area contributed by atoms with Crippen LogP contribution in [0.4, 0.5) is 16.2 Å². The maximum atomic E-state index is 12.2. The van der Waals surface area contributed by atoms with E-state index in [4.69, 9.17) is 4.74 Å². The molecule has 3 rings (SSSR count). The second-order valence-electron chi connectivity index (χ2n) is 6.26. The third-order valence-electron chi connectivity index (χ3n) is 4.18. The first-order valence-electron chi connectivity index (χ1n) is 8.70. The van der Waals surface area contributed by atoms with Gasteiger partial charge < -0.3 is 15.4 Å². The number of hydrogen-bond donors (Lipinski definition) is 2. The molecular formula is C20H21N3O4. The third kappa shape index (κ3) is 4.15. The van der Waals surface area contributed by atoms with Gasteiger partial charge in [-0.05, 0) is 42.3 Å². The summed E-state index contributed by atoms with van der Waals surface area (Å²) in [5, 5.41) is 5.40. The molecule has 2 aromatic carbocycles. The first kappa shape index (κ1) is 18.6. The number of anilines is 2. The molecule has 1 aliphatic rings. The number of amides is 4. The molecule has 0 saturated carbocycles. The van der Waals surface area contributed by atoms with Crippen molar-refractivity contribution in [2.75, 3.05) is 24.3 Å². The Labute approximate surface area is 157 Å². The zero-order valence-electron chi connectivity index (χ0n) is 15.2. The zero-order chi connectivity index (χ0) is 19.4. The molecule has 0 saturated heterocycles. The standard InChI is InChI=1S/C20H21N3O4/c1-3-10-27-12-13-4-6-14(7-5-13)21-20(26)22-15-8-9-16-17(11-15)19(25)23(2)18(16)24/h4-9,11H,3,10,12H2,1-2H3,(H2,21,22,26). The molecule has 7 nitrogen and oxygen atoms in total. The smallest absolute Gasteiger partial charge is 0.323 e.